The van der Waals surface area contributed by atoms with Gasteiger partial charge in [-0.3, -0.25) is 4.79 Å². The van der Waals surface area contributed by atoms with Gasteiger partial charge < -0.3 is 10.8 Å². The summed E-state index contributed by atoms with van der Waals surface area (Å²) in [4.78, 5) is 10.2. The Balaban J connectivity index is 3.04. The molecule has 0 radical (unpaired) electrons. The Labute approximate surface area is 80.3 Å². The van der Waals surface area contributed by atoms with E-state index >= 15 is 0 Å². The zero-order valence-corrected chi connectivity index (χ0v) is 8.46. The van der Waals surface area contributed by atoms with Gasteiger partial charge in [-0.15, -0.1) is 0 Å². The van der Waals surface area contributed by atoms with E-state index in [0.29, 0.717) is 12.3 Å². The topological polar surface area (TPSA) is 63.3 Å². The number of hydrogen-bond donors (Lipinski definition) is 2. The molecule has 0 aliphatic carbocycles. The molecule has 0 saturated heterocycles. The summed E-state index contributed by atoms with van der Waals surface area (Å²) in [6.07, 6.45) is 5.64. The van der Waals surface area contributed by atoms with E-state index in [-0.39, 0.29) is 0 Å². The van der Waals surface area contributed by atoms with Crippen molar-refractivity contribution in [2.45, 2.75) is 45.4 Å². The number of carbonyl (C=O) groups is 1. The molecule has 3 nitrogen and oxygen atoms in total. The zero-order valence-electron chi connectivity index (χ0n) is 8.46. The van der Waals surface area contributed by atoms with Crippen molar-refractivity contribution in [3.05, 3.63) is 0 Å². The van der Waals surface area contributed by atoms with Crippen molar-refractivity contribution in [3.8, 4) is 0 Å². The zero-order chi connectivity index (χ0) is 10.1. The van der Waals surface area contributed by atoms with Crippen molar-refractivity contribution in [1.29, 1.82) is 0 Å². The van der Waals surface area contributed by atoms with Crippen molar-refractivity contribution in [3.63, 3.8) is 0 Å². The molecule has 0 aliphatic heterocycles. The van der Waals surface area contributed by atoms with Crippen LogP contribution in [0.15, 0.2) is 0 Å². The van der Waals surface area contributed by atoms with Crippen LogP contribution in [0.2, 0.25) is 0 Å². The fraction of sp³-hybridized carbons (Fsp3) is 0.900. The summed E-state index contributed by atoms with van der Waals surface area (Å²) in [7, 11) is 0. The molecule has 0 aromatic rings. The Hall–Kier alpha value is -0.570. The molecule has 13 heavy (non-hydrogen) atoms. The minimum atomic E-state index is -0.685. The molecule has 0 heterocycles. The summed E-state index contributed by atoms with van der Waals surface area (Å²) in [6, 6.07) is 0. The molecular weight excluding hydrogens is 166 g/mol. The first-order valence-corrected chi connectivity index (χ1v) is 5.08. The smallest absolute Gasteiger partial charge is 0.303 e. The first-order valence-electron chi connectivity index (χ1n) is 5.08. The number of aliphatic carboxylic acids is 1. The molecule has 0 bridgehead atoms. The van der Waals surface area contributed by atoms with Gasteiger partial charge in [0.1, 0.15) is 0 Å². The fourth-order valence-electron chi connectivity index (χ4n) is 1.24. The summed E-state index contributed by atoms with van der Waals surface area (Å²) in [5.74, 6) is -0.0743. The maximum Gasteiger partial charge on any atom is 0.303 e. The highest BCUT2D eigenvalue weighted by Crippen LogP contribution is 2.10. The maximum atomic E-state index is 10.2. The first kappa shape index (κ1) is 12.4. The van der Waals surface area contributed by atoms with Crippen molar-refractivity contribution in [1.82, 2.24) is 0 Å². The summed E-state index contributed by atoms with van der Waals surface area (Å²) >= 11 is 0. The second-order valence-corrected chi connectivity index (χ2v) is 3.69. The average Bonchev–Trinajstić information content (AvgIpc) is 2.10. The molecule has 0 aromatic heterocycles. The van der Waals surface area contributed by atoms with Crippen LogP contribution in [0, 0.1) is 5.92 Å². The van der Waals surface area contributed by atoms with Crippen molar-refractivity contribution in [2.24, 2.45) is 11.7 Å². The summed E-state index contributed by atoms with van der Waals surface area (Å²) in [6.45, 7) is 2.91. The van der Waals surface area contributed by atoms with Gasteiger partial charge in [-0.2, -0.15) is 0 Å². The first-order chi connectivity index (χ1) is 6.16. The van der Waals surface area contributed by atoms with Gasteiger partial charge in [0.2, 0.25) is 0 Å². The molecule has 3 N–H and O–H groups in total. The van der Waals surface area contributed by atoms with E-state index in [1.165, 1.54) is 12.8 Å². The van der Waals surface area contributed by atoms with Crippen LogP contribution < -0.4 is 5.73 Å². The molecule has 0 fully saturated rings. The number of hydrogen-bond acceptors (Lipinski definition) is 2. The normalized spacial score (nSPS) is 12.8. The minimum absolute atomic E-state index is 0.312. The van der Waals surface area contributed by atoms with Crippen LogP contribution in [0.25, 0.3) is 0 Å². The van der Waals surface area contributed by atoms with Crippen molar-refractivity contribution >= 4 is 5.97 Å². The van der Waals surface area contributed by atoms with Crippen molar-refractivity contribution in [2.75, 3.05) is 6.54 Å². The van der Waals surface area contributed by atoms with E-state index in [0.717, 1.165) is 25.8 Å². The summed E-state index contributed by atoms with van der Waals surface area (Å²) in [5.41, 5.74) is 5.47. The van der Waals surface area contributed by atoms with Gasteiger partial charge >= 0.3 is 5.97 Å². The van der Waals surface area contributed by atoms with E-state index in [4.69, 9.17) is 10.8 Å². The maximum absolute atomic E-state index is 10.2. The average molecular weight is 187 g/mol. The van der Waals surface area contributed by atoms with Crippen LogP contribution in [0.4, 0.5) is 0 Å². The lowest BCUT2D eigenvalue weighted by Crippen LogP contribution is -2.10. The Bertz CT molecular complexity index is 137. The van der Waals surface area contributed by atoms with E-state index in [9.17, 15) is 4.79 Å². The van der Waals surface area contributed by atoms with Gasteiger partial charge in [-0.25, -0.2) is 0 Å². The lowest BCUT2D eigenvalue weighted by atomic mass is 10.0. The molecule has 0 spiro atoms. The molecule has 0 amide bonds. The summed E-state index contributed by atoms with van der Waals surface area (Å²) < 4.78 is 0. The van der Waals surface area contributed by atoms with Crippen LogP contribution in [-0.2, 0) is 4.79 Å². The fourth-order valence-corrected chi connectivity index (χ4v) is 1.24. The van der Waals surface area contributed by atoms with Crippen molar-refractivity contribution < 1.29 is 9.90 Å². The lowest BCUT2D eigenvalue weighted by Gasteiger charge is -2.06. The number of rotatable bonds is 8. The standard InChI is InChI=1S/C10H21NO2/c1-9(8-11)6-4-2-3-5-7-10(12)13/h9H,2-8,11H2,1H3,(H,12,13). The van der Waals surface area contributed by atoms with Gasteiger partial charge in [-0.05, 0) is 25.3 Å². The Morgan fingerprint density at radius 3 is 2.46 bits per heavy atom. The van der Waals surface area contributed by atoms with Gasteiger partial charge in [-0.1, -0.05) is 26.2 Å². The predicted molar refractivity (Wildman–Crippen MR) is 53.6 cm³/mol. The Morgan fingerprint density at radius 1 is 1.31 bits per heavy atom. The van der Waals surface area contributed by atoms with E-state index in [1.54, 1.807) is 0 Å². The van der Waals surface area contributed by atoms with Crippen LogP contribution in [0.3, 0.4) is 0 Å². The monoisotopic (exact) mass is 187 g/mol. The molecular formula is C10H21NO2. The summed E-state index contributed by atoms with van der Waals surface area (Å²) in [5, 5.41) is 8.38. The molecule has 0 aromatic carbocycles. The highest BCUT2D eigenvalue weighted by Gasteiger charge is 1.99. The van der Waals surface area contributed by atoms with Gasteiger partial charge in [0.25, 0.3) is 0 Å². The minimum Gasteiger partial charge on any atom is -0.481 e. The third kappa shape index (κ3) is 9.34. The Morgan fingerprint density at radius 2 is 1.92 bits per heavy atom. The second-order valence-electron chi connectivity index (χ2n) is 3.69. The number of nitrogens with two attached hydrogens (primary N) is 1. The molecule has 0 saturated carbocycles. The van der Waals surface area contributed by atoms with Gasteiger partial charge in [0.05, 0.1) is 0 Å². The third-order valence-electron chi connectivity index (χ3n) is 2.24. The molecule has 3 heteroatoms. The highest BCUT2D eigenvalue weighted by atomic mass is 16.4. The third-order valence-corrected chi connectivity index (χ3v) is 2.24. The molecule has 0 aliphatic rings. The van der Waals surface area contributed by atoms with E-state index in [2.05, 4.69) is 6.92 Å². The molecule has 1 unspecified atom stereocenters. The van der Waals surface area contributed by atoms with Crippen LogP contribution in [-0.4, -0.2) is 17.6 Å². The largest absolute Gasteiger partial charge is 0.481 e. The Kier molecular flexibility index (Phi) is 7.69. The molecule has 1 atom stereocenters. The van der Waals surface area contributed by atoms with Gasteiger partial charge in [0, 0.05) is 6.42 Å². The van der Waals surface area contributed by atoms with E-state index in [1.807, 2.05) is 0 Å². The van der Waals surface area contributed by atoms with E-state index < -0.39 is 5.97 Å². The predicted octanol–water partition coefficient (Wildman–Crippen LogP) is 2.01. The van der Waals surface area contributed by atoms with Gasteiger partial charge in [0.15, 0.2) is 0 Å². The second kappa shape index (κ2) is 8.05. The lowest BCUT2D eigenvalue weighted by molar-refractivity contribution is -0.137. The number of carboxylic acids is 1. The molecule has 0 rings (SSSR count). The van der Waals surface area contributed by atoms with Crippen LogP contribution >= 0.6 is 0 Å². The number of unbranched alkanes of at least 4 members (excludes halogenated alkanes) is 3. The SMILES string of the molecule is CC(CN)CCCCCCC(=O)O. The molecule has 78 valence electrons. The van der Waals surface area contributed by atoms with Crippen LogP contribution in [0.5, 0.6) is 0 Å². The number of carboxylic acid groups (broad SMARTS) is 1. The van der Waals surface area contributed by atoms with Crippen LogP contribution in [0.1, 0.15) is 45.4 Å². The quantitative estimate of drug-likeness (QED) is 0.571. The highest BCUT2D eigenvalue weighted by molar-refractivity contribution is 5.66.